The number of thioether (sulfide) groups is 1. The van der Waals surface area contributed by atoms with Crippen LogP contribution in [0.4, 0.5) is 5.69 Å². The summed E-state index contributed by atoms with van der Waals surface area (Å²) < 4.78 is 5.04. The monoisotopic (exact) mass is 352 g/mol. The largest absolute Gasteiger partial charge is 0.452 e. The second-order valence-corrected chi connectivity index (χ2v) is 6.50. The molecule has 1 aromatic rings. The highest BCUT2D eigenvalue weighted by molar-refractivity contribution is 7.98. The van der Waals surface area contributed by atoms with Crippen LogP contribution in [0.5, 0.6) is 0 Å². The lowest BCUT2D eigenvalue weighted by atomic mass is 10.0. The molecular weight excluding hydrogens is 332 g/mol. The number of carbonyl (C=O) groups excluding carboxylic acids is 2. The van der Waals surface area contributed by atoms with E-state index in [1.165, 1.54) is 30.0 Å². The van der Waals surface area contributed by atoms with Gasteiger partial charge in [0.1, 0.15) is 0 Å². The summed E-state index contributed by atoms with van der Waals surface area (Å²) in [6.45, 7) is 2.30. The topological polar surface area (TPSA) is 89.8 Å². The van der Waals surface area contributed by atoms with Crippen molar-refractivity contribution in [1.82, 2.24) is 4.90 Å². The normalized spacial score (nSPS) is 17.4. The maximum absolute atomic E-state index is 12.2. The van der Waals surface area contributed by atoms with Gasteiger partial charge in [0.05, 0.1) is 15.4 Å². The van der Waals surface area contributed by atoms with Crippen LogP contribution in [0.25, 0.3) is 0 Å². The van der Waals surface area contributed by atoms with Crippen LogP contribution in [0.1, 0.15) is 36.5 Å². The fourth-order valence-electron chi connectivity index (χ4n) is 2.72. The fourth-order valence-corrected chi connectivity index (χ4v) is 3.27. The Bertz CT molecular complexity index is 649. The molecule has 0 bridgehead atoms. The van der Waals surface area contributed by atoms with Gasteiger partial charge in [-0.1, -0.05) is 0 Å². The predicted molar refractivity (Wildman–Crippen MR) is 90.2 cm³/mol. The average molecular weight is 352 g/mol. The molecule has 130 valence electrons. The van der Waals surface area contributed by atoms with E-state index in [-0.39, 0.29) is 29.8 Å². The van der Waals surface area contributed by atoms with E-state index < -0.39 is 10.9 Å². The molecule has 0 spiro atoms. The van der Waals surface area contributed by atoms with Crippen LogP contribution < -0.4 is 0 Å². The molecule has 1 atom stereocenters. The Kier molecular flexibility index (Phi) is 6.19. The molecule has 1 aliphatic heterocycles. The number of benzene rings is 1. The lowest BCUT2D eigenvalue weighted by Crippen LogP contribution is -2.44. The molecular formula is C16H20N2O5S. The molecule has 8 heteroatoms. The number of nitro benzene ring substituents is 1. The zero-order chi connectivity index (χ0) is 17.7. The second kappa shape index (κ2) is 8.14. The minimum Gasteiger partial charge on any atom is -0.452 e. The molecule has 0 aliphatic carbocycles. The Labute approximate surface area is 144 Å². The number of likely N-dealkylation sites (tertiary alicyclic amines) is 1. The molecule has 1 amide bonds. The van der Waals surface area contributed by atoms with Crippen LogP contribution in [0.2, 0.25) is 0 Å². The molecule has 0 aromatic heterocycles. The first-order valence-corrected chi connectivity index (χ1v) is 8.95. The van der Waals surface area contributed by atoms with E-state index in [1.54, 1.807) is 11.2 Å². The molecule has 1 aliphatic rings. The van der Waals surface area contributed by atoms with Crippen molar-refractivity contribution < 1.29 is 19.2 Å². The lowest BCUT2D eigenvalue weighted by Gasteiger charge is -2.33. The van der Waals surface area contributed by atoms with Gasteiger partial charge in [-0.2, -0.15) is 0 Å². The number of nitro groups is 1. The quantitative estimate of drug-likeness (QED) is 0.350. The second-order valence-electron chi connectivity index (χ2n) is 5.65. The highest BCUT2D eigenvalue weighted by atomic mass is 32.2. The number of nitrogens with zero attached hydrogens (tertiary/aromatic N) is 2. The molecule has 2 rings (SSSR count). The summed E-state index contributed by atoms with van der Waals surface area (Å²) in [5, 5.41) is 11.0. The smallest absolute Gasteiger partial charge is 0.338 e. The standard InChI is InChI=1S/C16H20N2O5S/c1-11-5-3-4-8-17(11)15(19)10-23-16(20)12-6-7-14(24-2)13(9-12)18(21)22/h6-7,9,11H,3-5,8,10H2,1-2H3/t11-/m0/s1. The summed E-state index contributed by atoms with van der Waals surface area (Å²) in [6.07, 6.45) is 4.71. The van der Waals surface area contributed by atoms with E-state index in [4.69, 9.17) is 4.74 Å². The van der Waals surface area contributed by atoms with Gasteiger partial charge >= 0.3 is 5.97 Å². The van der Waals surface area contributed by atoms with E-state index in [2.05, 4.69) is 0 Å². The van der Waals surface area contributed by atoms with Crippen molar-refractivity contribution in [1.29, 1.82) is 0 Å². The van der Waals surface area contributed by atoms with Crippen LogP contribution in [0, 0.1) is 10.1 Å². The van der Waals surface area contributed by atoms with Crippen LogP contribution in [-0.4, -0.2) is 47.1 Å². The van der Waals surface area contributed by atoms with Crippen LogP contribution >= 0.6 is 11.8 Å². The highest BCUT2D eigenvalue weighted by Gasteiger charge is 2.24. The van der Waals surface area contributed by atoms with Gasteiger partial charge in [-0.05, 0) is 44.6 Å². The van der Waals surface area contributed by atoms with Gasteiger partial charge in [0.25, 0.3) is 11.6 Å². The highest BCUT2D eigenvalue weighted by Crippen LogP contribution is 2.28. The Balaban J connectivity index is 2.01. The Morgan fingerprint density at radius 2 is 2.17 bits per heavy atom. The first-order valence-electron chi connectivity index (χ1n) is 7.73. The number of rotatable bonds is 5. The minimum absolute atomic E-state index is 0.0685. The van der Waals surface area contributed by atoms with E-state index in [0.29, 0.717) is 11.4 Å². The van der Waals surface area contributed by atoms with E-state index >= 15 is 0 Å². The molecule has 1 saturated heterocycles. The minimum atomic E-state index is -0.733. The van der Waals surface area contributed by atoms with Crippen LogP contribution in [0.3, 0.4) is 0 Å². The van der Waals surface area contributed by atoms with Gasteiger partial charge in [0, 0.05) is 18.7 Å². The summed E-state index contributed by atoms with van der Waals surface area (Å²) in [7, 11) is 0. The molecule has 1 heterocycles. The number of hydrogen-bond acceptors (Lipinski definition) is 6. The summed E-state index contributed by atoms with van der Waals surface area (Å²) in [5.74, 6) is -0.963. The van der Waals surface area contributed by atoms with Crippen molar-refractivity contribution >= 4 is 29.3 Å². The molecule has 0 saturated carbocycles. The zero-order valence-corrected chi connectivity index (χ0v) is 14.5. The van der Waals surface area contributed by atoms with Crippen LogP contribution in [0.15, 0.2) is 23.1 Å². The molecule has 24 heavy (non-hydrogen) atoms. The Morgan fingerprint density at radius 3 is 2.79 bits per heavy atom. The van der Waals surface area contributed by atoms with Crippen molar-refractivity contribution in [3.05, 3.63) is 33.9 Å². The van der Waals surface area contributed by atoms with Crippen molar-refractivity contribution in [2.24, 2.45) is 0 Å². The van der Waals surface area contributed by atoms with Gasteiger partial charge in [-0.25, -0.2) is 4.79 Å². The number of ether oxygens (including phenoxy) is 1. The number of amides is 1. The average Bonchev–Trinajstić information content (AvgIpc) is 2.59. The third-order valence-electron chi connectivity index (χ3n) is 4.06. The number of carbonyl (C=O) groups is 2. The first-order chi connectivity index (χ1) is 11.4. The maximum Gasteiger partial charge on any atom is 0.338 e. The predicted octanol–water partition coefficient (Wildman–Crippen LogP) is 2.87. The number of esters is 1. The van der Waals surface area contributed by atoms with Gasteiger partial charge in [-0.15, -0.1) is 11.8 Å². The molecule has 7 nitrogen and oxygen atoms in total. The van der Waals surface area contributed by atoms with Crippen LogP contribution in [-0.2, 0) is 9.53 Å². The Hall–Kier alpha value is -2.09. The number of piperidine rings is 1. The van der Waals surface area contributed by atoms with Gasteiger partial charge in [-0.3, -0.25) is 14.9 Å². The third-order valence-corrected chi connectivity index (χ3v) is 4.85. The summed E-state index contributed by atoms with van der Waals surface area (Å²) in [5.41, 5.74) is -0.0769. The van der Waals surface area contributed by atoms with E-state index in [0.717, 1.165) is 19.3 Å². The van der Waals surface area contributed by atoms with E-state index in [1.807, 2.05) is 6.92 Å². The lowest BCUT2D eigenvalue weighted by molar-refractivity contribution is -0.387. The Morgan fingerprint density at radius 1 is 1.42 bits per heavy atom. The van der Waals surface area contributed by atoms with Gasteiger partial charge in [0.2, 0.25) is 0 Å². The van der Waals surface area contributed by atoms with Crippen molar-refractivity contribution in [3.63, 3.8) is 0 Å². The number of hydrogen-bond donors (Lipinski definition) is 0. The van der Waals surface area contributed by atoms with Crippen molar-refractivity contribution in [3.8, 4) is 0 Å². The van der Waals surface area contributed by atoms with Gasteiger partial charge < -0.3 is 9.64 Å². The molecule has 1 fully saturated rings. The summed E-state index contributed by atoms with van der Waals surface area (Å²) in [4.78, 5) is 36.9. The van der Waals surface area contributed by atoms with Crippen molar-refractivity contribution in [2.75, 3.05) is 19.4 Å². The molecule has 0 unspecified atom stereocenters. The molecule has 1 aromatic carbocycles. The van der Waals surface area contributed by atoms with Gasteiger partial charge in [0.15, 0.2) is 6.61 Å². The summed E-state index contributed by atoms with van der Waals surface area (Å²) >= 11 is 1.23. The maximum atomic E-state index is 12.2. The SMILES string of the molecule is CSc1ccc(C(=O)OCC(=O)N2CCCC[C@@H]2C)cc1[N+](=O)[O-]. The zero-order valence-electron chi connectivity index (χ0n) is 13.7. The summed E-state index contributed by atoms with van der Waals surface area (Å²) in [6, 6.07) is 4.30. The molecule has 0 radical (unpaired) electrons. The molecule has 0 N–H and O–H groups in total. The first kappa shape index (κ1) is 18.3. The fraction of sp³-hybridized carbons (Fsp3) is 0.500. The van der Waals surface area contributed by atoms with E-state index in [9.17, 15) is 19.7 Å². The van der Waals surface area contributed by atoms with Crippen molar-refractivity contribution in [2.45, 2.75) is 37.1 Å². The third kappa shape index (κ3) is 4.25.